The molecule has 15 heavy (non-hydrogen) atoms. The van der Waals surface area contributed by atoms with Gasteiger partial charge in [0.2, 0.25) is 0 Å². The Kier molecular flexibility index (Phi) is 3.08. The third-order valence-electron chi connectivity index (χ3n) is 1.76. The highest BCUT2D eigenvalue weighted by atomic mass is 32.1. The molecule has 2 rings (SSSR count). The summed E-state index contributed by atoms with van der Waals surface area (Å²) in [6, 6.07) is 3.85. The van der Waals surface area contributed by atoms with Gasteiger partial charge >= 0.3 is 5.97 Å². The molecule has 2 aromatic heterocycles. The van der Waals surface area contributed by atoms with Crippen molar-refractivity contribution in [3.63, 3.8) is 0 Å². The van der Waals surface area contributed by atoms with Crippen LogP contribution in [0.15, 0.2) is 17.5 Å². The molecule has 78 valence electrons. The Morgan fingerprint density at radius 2 is 2.47 bits per heavy atom. The molecular weight excluding hydrogens is 232 g/mol. The lowest BCUT2D eigenvalue weighted by Crippen LogP contribution is -2.03. The smallest absolute Gasteiger partial charge is 0.352 e. The van der Waals surface area contributed by atoms with Crippen LogP contribution in [-0.4, -0.2) is 15.6 Å². The van der Waals surface area contributed by atoms with Gasteiger partial charge in [-0.1, -0.05) is 10.6 Å². The van der Waals surface area contributed by atoms with Gasteiger partial charge in [0.25, 0.3) is 0 Å². The maximum atomic E-state index is 11.5. The maximum absolute atomic E-state index is 11.5. The number of rotatable bonds is 3. The zero-order chi connectivity index (χ0) is 10.7. The molecule has 2 aromatic rings. The molecule has 0 atom stereocenters. The summed E-state index contributed by atoms with van der Waals surface area (Å²) in [4.78, 5) is 13.0. The van der Waals surface area contributed by atoms with E-state index in [0.29, 0.717) is 17.2 Å². The van der Waals surface area contributed by atoms with Crippen molar-refractivity contribution in [2.45, 2.75) is 13.5 Å². The van der Waals surface area contributed by atoms with Crippen molar-refractivity contribution in [2.75, 3.05) is 0 Å². The number of esters is 1. The summed E-state index contributed by atoms with van der Waals surface area (Å²) in [7, 11) is 0. The number of carbonyl (C=O) groups is 1. The fourth-order valence-electron chi connectivity index (χ4n) is 1.02. The third kappa shape index (κ3) is 2.40. The second kappa shape index (κ2) is 4.50. The van der Waals surface area contributed by atoms with Crippen LogP contribution in [0.2, 0.25) is 0 Å². The first kappa shape index (κ1) is 10.3. The molecule has 0 aliphatic rings. The van der Waals surface area contributed by atoms with Crippen molar-refractivity contribution in [2.24, 2.45) is 0 Å². The van der Waals surface area contributed by atoms with E-state index in [1.54, 1.807) is 18.3 Å². The number of thiophene rings is 1. The normalized spacial score (nSPS) is 10.2. The summed E-state index contributed by atoms with van der Waals surface area (Å²) in [5, 5.41) is 5.70. The van der Waals surface area contributed by atoms with Crippen molar-refractivity contribution < 1.29 is 9.53 Å². The van der Waals surface area contributed by atoms with Crippen LogP contribution in [0.5, 0.6) is 0 Å². The molecule has 0 amide bonds. The summed E-state index contributed by atoms with van der Waals surface area (Å²) >= 11 is 2.62. The van der Waals surface area contributed by atoms with Gasteiger partial charge in [0, 0.05) is 4.88 Å². The minimum absolute atomic E-state index is 0.313. The largest absolute Gasteiger partial charge is 0.456 e. The van der Waals surface area contributed by atoms with E-state index in [4.69, 9.17) is 4.74 Å². The van der Waals surface area contributed by atoms with E-state index >= 15 is 0 Å². The fourth-order valence-corrected chi connectivity index (χ4v) is 2.18. The third-order valence-corrected chi connectivity index (χ3v) is 3.42. The van der Waals surface area contributed by atoms with Crippen molar-refractivity contribution >= 4 is 28.8 Å². The van der Waals surface area contributed by atoms with Crippen molar-refractivity contribution in [3.8, 4) is 0 Å². The predicted octanol–water partition coefficient (Wildman–Crippen LogP) is 2.27. The number of nitrogens with zero attached hydrogens (tertiary/aromatic N) is 2. The van der Waals surface area contributed by atoms with E-state index in [1.165, 1.54) is 0 Å². The second-order valence-electron chi connectivity index (χ2n) is 2.84. The van der Waals surface area contributed by atoms with E-state index in [-0.39, 0.29) is 5.97 Å². The van der Waals surface area contributed by atoms with Gasteiger partial charge < -0.3 is 4.74 Å². The molecule has 4 nitrogen and oxygen atoms in total. The van der Waals surface area contributed by atoms with Gasteiger partial charge in [-0.05, 0) is 29.9 Å². The number of ether oxygens (including phenoxy) is 1. The summed E-state index contributed by atoms with van der Waals surface area (Å²) in [5.74, 6) is -0.351. The number of hydrogen-bond donors (Lipinski definition) is 0. The van der Waals surface area contributed by atoms with Crippen LogP contribution in [0, 0.1) is 6.92 Å². The Labute approximate surface area is 94.7 Å². The number of hydrogen-bond acceptors (Lipinski definition) is 6. The minimum atomic E-state index is -0.351. The Morgan fingerprint density at radius 1 is 1.60 bits per heavy atom. The number of aromatic nitrogens is 2. The molecule has 0 radical (unpaired) electrons. The lowest BCUT2D eigenvalue weighted by molar-refractivity contribution is 0.0481. The van der Waals surface area contributed by atoms with Crippen LogP contribution < -0.4 is 0 Å². The van der Waals surface area contributed by atoms with E-state index < -0.39 is 0 Å². The van der Waals surface area contributed by atoms with Crippen LogP contribution >= 0.6 is 22.9 Å². The molecule has 0 fully saturated rings. The van der Waals surface area contributed by atoms with Gasteiger partial charge in [-0.2, -0.15) is 0 Å². The second-order valence-corrected chi connectivity index (χ2v) is 4.63. The molecule has 0 unspecified atom stereocenters. The summed E-state index contributed by atoms with van der Waals surface area (Å²) in [6.45, 7) is 2.05. The molecule has 0 N–H and O–H groups in total. The average molecular weight is 240 g/mol. The zero-order valence-electron chi connectivity index (χ0n) is 7.97. The highest BCUT2D eigenvalue weighted by Crippen LogP contribution is 2.14. The Balaban J connectivity index is 1.96. The number of aryl methyl sites for hydroxylation is 1. The molecule has 0 spiro atoms. The summed E-state index contributed by atoms with van der Waals surface area (Å²) < 4.78 is 8.79. The maximum Gasteiger partial charge on any atom is 0.352 e. The van der Waals surface area contributed by atoms with Crippen LogP contribution in [0.25, 0.3) is 0 Å². The molecule has 0 saturated heterocycles. The highest BCUT2D eigenvalue weighted by Gasteiger charge is 2.14. The number of carbonyl (C=O) groups excluding carboxylic acids is 1. The predicted molar refractivity (Wildman–Crippen MR) is 58.1 cm³/mol. The van der Waals surface area contributed by atoms with E-state index in [2.05, 4.69) is 9.59 Å². The van der Waals surface area contributed by atoms with Crippen LogP contribution in [-0.2, 0) is 11.3 Å². The van der Waals surface area contributed by atoms with Crippen LogP contribution in [0.1, 0.15) is 20.2 Å². The molecule has 2 heterocycles. The Bertz CT molecular complexity index is 450. The SMILES string of the molecule is Cc1nnsc1C(=O)OCc1cccs1. The standard InChI is InChI=1S/C9H8N2O2S2/c1-6-8(15-11-10-6)9(12)13-5-7-3-2-4-14-7/h2-4H,5H2,1H3. The first-order valence-corrected chi connectivity index (χ1v) is 5.91. The summed E-state index contributed by atoms with van der Waals surface area (Å²) in [5.41, 5.74) is 0.621. The molecule has 0 aliphatic carbocycles. The monoisotopic (exact) mass is 240 g/mol. The minimum Gasteiger partial charge on any atom is -0.456 e. The first-order chi connectivity index (χ1) is 7.27. The van der Waals surface area contributed by atoms with Gasteiger partial charge in [0.15, 0.2) is 4.88 Å². The molecule has 0 saturated carbocycles. The lowest BCUT2D eigenvalue weighted by Gasteiger charge is -2.00. The van der Waals surface area contributed by atoms with Crippen molar-refractivity contribution in [1.29, 1.82) is 0 Å². The topological polar surface area (TPSA) is 52.1 Å². The quantitative estimate of drug-likeness (QED) is 0.772. The lowest BCUT2D eigenvalue weighted by atomic mass is 10.4. The van der Waals surface area contributed by atoms with Gasteiger partial charge in [0.05, 0.1) is 5.69 Å². The zero-order valence-corrected chi connectivity index (χ0v) is 9.60. The molecular formula is C9H8N2O2S2. The first-order valence-electron chi connectivity index (χ1n) is 4.26. The molecule has 0 bridgehead atoms. The molecule has 6 heteroatoms. The van der Waals surface area contributed by atoms with E-state index in [0.717, 1.165) is 16.4 Å². The van der Waals surface area contributed by atoms with Crippen molar-refractivity contribution in [1.82, 2.24) is 9.59 Å². The Morgan fingerprint density at radius 3 is 3.07 bits per heavy atom. The highest BCUT2D eigenvalue weighted by molar-refractivity contribution is 7.09. The van der Waals surface area contributed by atoms with Crippen LogP contribution in [0.4, 0.5) is 0 Å². The van der Waals surface area contributed by atoms with E-state index in [1.807, 2.05) is 17.5 Å². The molecule has 0 aliphatic heterocycles. The van der Waals surface area contributed by atoms with Gasteiger partial charge in [-0.25, -0.2) is 4.79 Å². The fraction of sp³-hybridized carbons (Fsp3) is 0.222. The van der Waals surface area contributed by atoms with Crippen molar-refractivity contribution in [3.05, 3.63) is 33.0 Å². The van der Waals surface area contributed by atoms with Crippen LogP contribution in [0.3, 0.4) is 0 Å². The van der Waals surface area contributed by atoms with Gasteiger partial charge in [0.1, 0.15) is 6.61 Å². The average Bonchev–Trinajstić information content (AvgIpc) is 2.84. The summed E-state index contributed by atoms with van der Waals surface area (Å²) in [6.07, 6.45) is 0. The van der Waals surface area contributed by atoms with E-state index in [9.17, 15) is 4.79 Å². The Hall–Kier alpha value is -1.27. The van der Waals surface area contributed by atoms with Gasteiger partial charge in [-0.15, -0.1) is 16.4 Å². The van der Waals surface area contributed by atoms with Gasteiger partial charge in [-0.3, -0.25) is 0 Å². The molecule has 0 aromatic carbocycles.